The van der Waals surface area contributed by atoms with Gasteiger partial charge >= 0.3 is 0 Å². The number of ether oxygens (including phenoxy) is 1. The fourth-order valence-corrected chi connectivity index (χ4v) is 1.69. The van der Waals surface area contributed by atoms with Gasteiger partial charge in [-0.2, -0.15) is 0 Å². The Kier molecular flexibility index (Phi) is 3.93. The van der Waals surface area contributed by atoms with E-state index < -0.39 is 4.92 Å². The zero-order valence-corrected chi connectivity index (χ0v) is 11.1. The average Bonchev–Trinajstić information content (AvgIpc) is 2.41. The van der Waals surface area contributed by atoms with E-state index in [0.29, 0.717) is 21.8 Å². The van der Waals surface area contributed by atoms with Crippen molar-refractivity contribution in [1.29, 1.82) is 0 Å². The summed E-state index contributed by atoms with van der Waals surface area (Å²) in [6, 6.07) is 7.46. The van der Waals surface area contributed by atoms with Crippen molar-refractivity contribution in [3.05, 3.63) is 51.1 Å². The lowest BCUT2D eigenvalue weighted by molar-refractivity contribution is -0.384. The predicted octanol–water partition coefficient (Wildman–Crippen LogP) is 2.83. The van der Waals surface area contributed by atoms with Crippen molar-refractivity contribution in [2.45, 2.75) is 0 Å². The largest absolute Gasteiger partial charge is 0.456 e. The maximum absolute atomic E-state index is 10.7. The molecular weight excluding hydrogens is 316 g/mol. The SMILES string of the molecule is NNc1cc(Oc2cc([N+](=O)[O-])ccc2Br)ccn1. The zero-order chi connectivity index (χ0) is 13.8. The van der Waals surface area contributed by atoms with Crippen LogP contribution in [0.3, 0.4) is 0 Å². The first-order chi connectivity index (χ1) is 9.10. The number of pyridine rings is 1. The molecule has 2 aromatic rings. The molecule has 8 heteroatoms. The number of anilines is 1. The summed E-state index contributed by atoms with van der Waals surface area (Å²) in [4.78, 5) is 14.2. The van der Waals surface area contributed by atoms with E-state index in [-0.39, 0.29) is 5.69 Å². The summed E-state index contributed by atoms with van der Waals surface area (Å²) in [5, 5.41) is 10.7. The maximum Gasteiger partial charge on any atom is 0.273 e. The van der Waals surface area contributed by atoms with Gasteiger partial charge in [-0.15, -0.1) is 0 Å². The highest BCUT2D eigenvalue weighted by Gasteiger charge is 2.11. The predicted molar refractivity (Wildman–Crippen MR) is 72.9 cm³/mol. The Labute approximate surface area is 116 Å². The average molecular weight is 325 g/mol. The van der Waals surface area contributed by atoms with Crippen molar-refractivity contribution in [3.63, 3.8) is 0 Å². The smallest absolute Gasteiger partial charge is 0.273 e. The third kappa shape index (κ3) is 3.18. The van der Waals surface area contributed by atoms with Gasteiger partial charge in [0, 0.05) is 18.3 Å². The highest BCUT2D eigenvalue weighted by atomic mass is 79.9. The lowest BCUT2D eigenvalue weighted by Crippen LogP contribution is -2.08. The second-order valence-electron chi connectivity index (χ2n) is 3.50. The van der Waals surface area contributed by atoms with Crippen molar-refractivity contribution >= 4 is 27.4 Å². The number of nitrogens with two attached hydrogens (primary N) is 1. The number of nitrogens with one attached hydrogen (secondary N) is 1. The van der Waals surface area contributed by atoms with Gasteiger partial charge in [0.2, 0.25) is 0 Å². The molecule has 98 valence electrons. The molecule has 0 atom stereocenters. The topological polar surface area (TPSA) is 103 Å². The van der Waals surface area contributed by atoms with E-state index in [1.165, 1.54) is 18.3 Å². The highest BCUT2D eigenvalue weighted by molar-refractivity contribution is 9.10. The van der Waals surface area contributed by atoms with Crippen LogP contribution in [-0.2, 0) is 0 Å². The Balaban J connectivity index is 2.31. The van der Waals surface area contributed by atoms with E-state index in [9.17, 15) is 10.1 Å². The Bertz CT molecular complexity index is 621. The van der Waals surface area contributed by atoms with Crippen LogP contribution in [0.5, 0.6) is 11.5 Å². The normalized spacial score (nSPS) is 10.0. The number of nitro benzene ring substituents is 1. The molecule has 0 amide bonds. The molecule has 19 heavy (non-hydrogen) atoms. The molecule has 1 heterocycles. The Morgan fingerprint density at radius 1 is 1.37 bits per heavy atom. The zero-order valence-electron chi connectivity index (χ0n) is 9.54. The molecule has 0 saturated heterocycles. The van der Waals surface area contributed by atoms with E-state index in [4.69, 9.17) is 10.6 Å². The number of benzene rings is 1. The molecular formula is C11H9BrN4O3. The van der Waals surface area contributed by atoms with Crippen LogP contribution in [0.2, 0.25) is 0 Å². The number of rotatable bonds is 4. The highest BCUT2D eigenvalue weighted by Crippen LogP contribution is 2.33. The first kappa shape index (κ1) is 13.2. The van der Waals surface area contributed by atoms with E-state index >= 15 is 0 Å². The van der Waals surface area contributed by atoms with Crippen molar-refractivity contribution < 1.29 is 9.66 Å². The molecule has 0 aliphatic heterocycles. The number of hydrogen-bond acceptors (Lipinski definition) is 6. The number of halogens is 1. The fourth-order valence-electron chi connectivity index (χ4n) is 1.36. The minimum absolute atomic E-state index is 0.0515. The van der Waals surface area contributed by atoms with Gasteiger partial charge in [0.1, 0.15) is 17.3 Å². The summed E-state index contributed by atoms with van der Waals surface area (Å²) < 4.78 is 6.16. The molecule has 0 saturated carbocycles. The van der Waals surface area contributed by atoms with E-state index in [2.05, 4.69) is 26.3 Å². The van der Waals surface area contributed by atoms with Gasteiger partial charge in [0.05, 0.1) is 15.5 Å². The van der Waals surface area contributed by atoms with Gasteiger partial charge in [-0.1, -0.05) is 0 Å². The van der Waals surface area contributed by atoms with Crippen LogP contribution in [0, 0.1) is 10.1 Å². The van der Waals surface area contributed by atoms with Gasteiger partial charge < -0.3 is 10.2 Å². The van der Waals surface area contributed by atoms with Crippen molar-refractivity contribution in [2.75, 3.05) is 5.43 Å². The summed E-state index contributed by atoms with van der Waals surface area (Å²) in [7, 11) is 0. The minimum atomic E-state index is -0.487. The minimum Gasteiger partial charge on any atom is -0.456 e. The molecule has 0 aliphatic carbocycles. The number of aromatic nitrogens is 1. The Morgan fingerprint density at radius 3 is 2.84 bits per heavy atom. The Morgan fingerprint density at radius 2 is 2.16 bits per heavy atom. The molecule has 1 aromatic carbocycles. The molecule has 2 rings (SSSR count). The standard InChI is InChI=1S/C11H9BrN4O3/c12-9-2-1-7(16(17)18)5-10(9)19-8-3-4-14-11(6-8)15-13/h1-6H,13H2,(H,14,15). The van der Waals surface area contributed by atoms with Crippen LogP contribution in [0.15, 0.2) is 41.0 Å². The summed E-state index contributed by atoms with van der Waals surface area (Å²) in [5.74, 6) is 6.47. The first-order valence-corrected chi connectivity index (χ1v) is 5.94. The van der Waals surface area contributed by atoms with Gasteiger partial charge in [-0.3, -0.25) is 10.1 Å². The fraction of sp³-hybridized carbons (Fsp3) is 0. The molecule has 0 unspecified atom stereocenters. The van der Waals surface area contributed by atoms with Crippen LogP contribution < -0.4 is 16.0 Å². The molecule has 1 aromatic heterocycles. The lowest BCUT2D eigenvalue weighted by atomic mass is 10.3. The molecule has 0 fully saturated rings. The second kappa shape index (κ2) is 5.63. The van der Waals surface area contributed by atoms with Crippen LogP contribution in [0.25, 0.3) is 0 Å². The molecule has 0 spiro atoms. The molecule has 0 radical (unpaired) electrons. The van der Waals surface area contributed by atoms with Gasteiger partial charge in [0.25, 0.3) is 5.69 Å². The van der Waals surface area contributed by atoms with Gasteiger partial charge in [0.15, 0.2) is 0 Å². The van der Waals surface area contributed by atoms with Gasteiger partial charge in [-0.25, -0.2) is 10.8 Å². The quantitative estimate of drug-likeness (QED) is 0.509. The van der Waals surface area contributed by atoms with Crippen LogP contribution in [0.1, 0.15) is 0 Å². The number of hydrogen-bond donors (Lipinski definition) is 2. The summed E-state index contributed by atoms with van der Waals surface area (Å²) in [5.41, 5.74) is 2.33. The van der Waals surface area contributed by atoms with Crippen molar-refractivity contribution in [1.82, 2.24) is 4.98 Å². The van der Waals surface area contributed by atoms with Crippen LogP contribution in [-0.4, -0.2) is 9.91 Å². The monoisotopic (exact) mass is 324 g/mol. The van der Waals surface area contributed by atoms with E-state index in [0.717, 1.165) is 0 Å². The second-order valence-corrected chi connectivity index (χ2v) is 4.35. The van der Waals surface area contributed by atoms with Crippen molar-refractivity contribution in [3.8, 4) is 11.5 Å². The third-order valence-corrected chi connectivity index (χ3v) is 2.89. The third-order valence-electron chi connectivity index (χ3n) is 2.23. The number of nitro groups is 1. The Hall–Kier alpha value is -2.19. The molecule has 0 aliphatic rings. The summed E-state index contributed by atoms with van der Waals surface area (Å²) in [6.45, 7) is 0. The number of hydrazine groups is 1. The summed E-state index contributed by atoms with van der Waals surface area (Å²) >= 11 is 3.27. The molecule has 7 nitrogen and oxygen atoms in total. The van der Waals surface area contributed by atoms with Crippen molar-refractivity contribution in [2.24, 2.45) is 5.84 Å². The van der Waals surface area contributed by atoms with Gasteiger partial charge in [-0.05, 0) is 28.1 Å². The van der Waals surface area contributed by atoms with E-state index in [1.54, 1.807) is 18.2 Å². The number of nitrogens with zero attached hydrogens (tertiary/aromatic N) is 2. The first-order valence-electron chi connectivity index (χ1n) is 5.14. The van der Waals surface area contributed by atoms with Crippen LogP contribution in [0.4, 0.5) is 11.5 Å². The molecule has 0 bridgehead atoms. The molecule has 3 N–H and O–H groups in total. The number of non-ortho nitro benzene ring substituents is 1. The summed E-state index contributed by atoms with van der Waals surface area (Å²) in [6.07, 6.45) is 1.51. The lowest BCUT2D eigenvalue weighted by Gasteiger charge is -2.08. The maximum atomic E-state index is 10.7. The van der Waals surface area contributed by atoms with E-state index in [1.807, 2.05) is 0 Å². The number of nitrogen functional groups attached to an aromatic ring is 1. The van der Waals surface area contributed by atoms with Crippen LogP contribution >= 0.6 is 15.9 Å².